The van der Waals surface area contributed by atoms with E-state index >= 15 is 0 Å². The molecule has 2 rings (SSSR count). The average molecular weight is 312 g/mol. The summed E-state index contributed by atoms with van der Waals surface area (Å²) >= 11 is 0. The summed E-state index contributed by atoms with van der Waals surface area (Å²) in [5.74, 6) is 0.867. The summed E-state index contributed by atoms with van der Waals surface area (Å²) in [6.07, 6.45) is 3.77. The van der Waals surface area contributed by atoms with Gasteiger partial charge in [-0.3, -0.25) is 4.79 Å². The molecule has 0 aliphatic rings. The molecule has 2 aromatic rings. The van der Waals surface area contributed by atoms with E-state index in [0.717, 1.165) is 48.7 Å². The minimum atomic E-state index is -0.0809. The van der Waals surface area contributed by atoms with Crippen molar-refractivity contribution in [1.29, 1.82) is 0 Å². The van der Waals surface area contributed by atoms with Crippen molar-refractivity contribution < 1.29 is 4.79 Å². The summed E-state index contributed by atoms with van der Waals surface area (Å²) in [7, 11) is 0. The molecule has 0 unspecified atom stereocenters. The van der Waals surface area contributed by atoms with Crippen LogP contribution in [0, 0.1) is 0 Å². The number of amides is 1. The minimum absolute atomic E-state index is 0.0809. The second-order valence-electron chi connectivity index (χ2n) is 5.51. The molecule has 0 atom stereocenters. The molecule has 0 bridgehead atoms. The van der Waals surface area contributed by atoms with Crippen LogP contribution in [0.3, 0.4) is 0 Å². The summed E-state index contributed by atoms with van der Waals surface area (Å²) in [5, 5.41) is 2.80. The Labute approximate surface area is 137 Å². The average Bonchev–Trinajstić information content (AvgIpc) is 2.54. The molecule has 0 aliphatic carbocycles. The zero-order chi connectivity index (χ0) is 16.7. The number of carbonyl (C=O) groups is 1. The van der Waals surface area contributed by atoms with Gasteiger partial charge in [-0.25, -0.2) is 9.97 Å². The first-order chi connectivity index (χ1) is 11.1. The maximum atomic E-state index is 11.2. The Morgan fingerprint density at radius 2 is 1.87 bits per heavy atom. The predicted octanol–water partition coefficient (Wildman–Crippen LogP) is 3.73. The van der Waals surface area contributed by atoms with Crippen LogP contribution in [0.4, 0.5) is 11.5 Å². The fourth-order valence-electron chi connectivity index (χ4n) is 2.52. The highest BCUT2D eigenvalue weighted by atomic mass is 16.1. The van der Waals surface area contributed by atoms with Crippen molar-refractivity contribution in [3.8, 4) is 11.3 Å². The quantitative estimate of drug-likeness (QED) is 0.846. The lowest BCUT2D eigenvalue weighted by molar-refractivity contribution is -0.114. The van der Waals surface area contributed by atoms with Gasteiger partial charge in [-0.1, -0.05) is 26.0 Å². The molecule has 1 aromatic heterocycles. The van der Waals surface area contributed by atoms with E-state index in [9.17, 15) is 4.79 Å². The molecule has 0 fully saturated rings. The fraction of sp³-hybridized carbons (Fsp3) is 0.389. The van der Waals surface area contributed by atoms with E-state index in [4.69, 9.17) is 0 Å². The molecular formula is C18H24N4O. The Morgan fingerprint density at radius 1 is 1.13 bits per heavy atom. The molecule has 1 aromatic carbocycles. The van der Waals surface area contributed by atoms with E-state index in [1.165, 1.54) is 6.92 Å². The lowest BCUT2D eigenvalue weighted by Crippen LogP contribution is -2.25. The number of hydrogen-bond donors (Lipinski definition) is 1. The molecular weight excluding hydrogens is 288 g/mol. The molecule has 0 spiro atoms. The predicted molar refractivity (Wildman–Crippen MR) is 94.6 cm³/mol. The number of carbonyl (C=O) groups excluding carboxylic acids is 1. The van der Waals surface area contributed by atoms with E-state index in [0.29, 0.717) is 0 Å². The topological polar surface area (TPSA) is 58.1 Å². The molecule has 0 aliphatic heterocycles. The number of hydrogen-bond acceptors (Lipinski definition) is 4. The van der Waals surface area contributed by atoms with Crippen LogP contribution in [0.5, 0.6) is 0 Å². The largest absolute Gasteiger partial charge is 0.357 e. The normalized spacial score (nSPS) is 10.4. The summed E-state index contributed by atoms with van der Waals surface area (Å²) < 4.78 is 0. The van der Waals surface area contributed by atoms with Crippen molar-refractivity contribution >= 4 is 17.4 Å². The summed E-state index contributed by atoms with van der Waals surface area (Å²) in [5.41, 5.74) is 2.60. The van der Waals surface area contributed by atoms with Crippen LogP contribution in [-0.4, -0.2) is 29.0 Å². The molecule has 1 N–H and O–H groups in total. The van der Waals surface area contributed by atoms with Crippen LogP contribution in [0.15, 0.2) is 36.7 Å². The first-order valence-corrected chi connectivity index (χ1v) is 8.09. The van der Waals surface area contributed by atoms with Crippen molar-refractivity contribution in [2.45, 2.75) is 33.6 Å². The molecule has 1 amide bonds. The van der Waals surface area contributed by atoms with E-state index in [1.54, 1.807) is 6.33 Å². The molecule has 0 saturated heterocycles. The Hall–Kier alpha value is -2.43. The third-order valence-corrected chi connectivity index (χ3v) is 3.44. The molecule has 1 heterocycles. The maximum absolute atomic E-state index is 11.2. The Bertz CT molecular complexity index is 651. The van der Waals surface area contributed by atoms with E-state index in [2.05, 4.69) is 34.0 Å². The Kier molecular flexibility index (Phi) is 6.09. The monoisotopic (exact) mass is 312 g/mol. The highest BCUT2D eigenvalue weighted by Gasteiger charge is 2.09. The summed E-state index contributed by atoms with van der Waals surface area (Å²) in [4.78, 5) is 22.3. The van der Waals surface area contributed by atoms with Crippen LogP contribution < -0.4 is 10.2 Å². The van der Waals surface area contributed by atoms with Gasteiger partial charge in [-0.15, -0.1) is 0 Å². The van der Waals surface area contributed by atoms with Gasteiger partial charge in [0.15, 0.2) is 0 Å². The SMILES string of the molecule is CCCN(CCC)c1cc(-c2cccc(NC(C)=O)c2)ncn1. The van der Waals surface area contributed by atoms with Crippen molar-refractivity contribution in [2.75, 3.05) is 23.3 Å². The number of aromatic nitrogens is 2. The van der Waals surface area contributed by atoms with Gasteiger partial charge in [0.05, 0.1) is 5.69 Å². The highest BCUT2D eigenvalue weighted by molar-refractivity contribution is 5.89. The van der Waals surface area contributed by atoms with Gasteiger partial charge < -0.3 is 10.2 Å². The van der Waals surface area contributed by atoms with Gasteiger partial charge in [0, 0.05) is 37.3 Å². The van der Waals surface area contributed by atoms with Crippen LogP contribution >= 0.6 is 0 Å². The Morgan fingerprint density at radius 3 is 2.52 bits per heavy atom. The third kappa shape index (κ3) is 4.77. The van der Waals surface area contributed by atoms with Gasteiger partial charge in [0.2, 0.25) is 5.91 Å². The molecule has 5 heteroatoms. The van der Waals surface area contributed by atoms with E-state index < -0.39 is 0 Å². The minimum Gasteiger partial charge on any atom is -0.357 e. The number of anilines is 2. The summed E-state index contributed by atoms with van der Waals surface area (Å²) in [6, 6.07) is 9.71. The van der Waals surface area contributed by atoms with E-state index in [-0.39, 0.29) is 5.91 Å². The second-order valence-corrected chi connectivity index (χ2v) is 5.51. The number of rotatable bonds is 7. The smallest absolute Gasteiger partial charge is 0.221 e. The van der Waals surface area contributed by atoms with Crippen LogP contribution in [0.2, 0.25) is 0 Å². The number of nitrogens with zero attached hydrogens (tertiary/aromatic N) is 3. The molecule has 0 saturated carbocycles. The number of nitrogens with one attached hydrogen (secondary N) is 1. The van der Waals surface area contributed by atoms with Crippen molar-refractivity contribution in [1.82, 2.24) is 9.97 Å². The molecule has 0 radical (unpaired) electrons. The zero-order valence-electron chi connectivity index (χ0n) is 14.0. The van der Waals surface area contributed by atoms with Gasteiger partial charge in [0.1, 0.15) is 12.1 Å². The van der Waals surface area contributed by atoms with Crippen molar-refractivity contribution in [2.24, 2.45) is 0 Å². The van der Waals surface area contributed by atoms with Gasteiger partial charge in [-0.05, 0) is 25.0 Å². The first-order valence-electron chi connectivity index (χ1n) is 8.09. The fourth-order valence-corrected chi connectivity index (χ4v) is 2.52. The zero-order valence-corrected chi connectivity index (χ0v) is 14.0. The molecule has 5 nitrogen and oxygen atoms in total. The standard InChI is InChI=1S/C18H24N4O/c1-4-9-22(10-5-2)18-12-17(19-13-20-18)15-7-6-8-16(11-15)21-14(3)23/h6-8,11-13H,4-5,9-10H2,1-3H3,(H,21,23). The first kappa shape index (κ1) is 16.9. The Balaban J connectivity index is 2.30. The van der Waals surface area contributed by atoms with Crippen molar-refractivity contribution in [3.63, 3.8) is 0 Å². The van der Waals surface area contributed by atoms with Gasteiger partial charge in [-0.2, -0.15) is 0 Å². The van der Waals surface area contributed by atoms with E-state index in [1.807, 2.05) is 30.3 Å². The van der Waals surface area contributed by atoms with Gasteiger partial charge in [0.25, 0.3) is 0 Å². The third-order valence-electron chi connectivity index (χ3n) is 3.44. The lowest BCUT2D eigenvalue weighted by Gasteiger charge is -2.22. The molecule has 122 valence electrons. The summed E-state index contributed by atoms with van der Waals surface area (Å²) in [6.45, 7) is 7.80. The maximum Gasteiger partial charge on any atom is 0.221 e. The van der Waals surface area contributed by atoms with Crippen LogP contribution in [-0.2, 0) is 4.79 Å². The molecule has 23 heavy (non-hydrogen) atoms. The van der Waals surface area contributed by atoms with Gasteiger partial charge >= 0.3 is 0 Å². The van der Waals surface area contributed by atoms with Crippen LogP contribution in [0.25, 0.3) is 11.3 Å². The highest BCUT2D eigenvalue weighted by Crippen LogP contribution is 2.23. The second kappa shape index (κ2) is 8.27. The number of benzene rings is 1. The lowest BCUT2D eigenvalue weighted by atomic mass is 10.1. The van der Waals surface area contributed by atoms with Crippen LogP contribution in [0.1, 0.15) is 33.6 Å². The van der Waals surface area contributed by atoms with Crippen molar-refractivity contribution in [3.05, 3.63) is 36.7 Å².